The number of methoxy groups -OCH3 is 1. The third kappa shape index (κ3) is 4.54. The summed E-state index contributed by atoms with van der Waals surface area (Å²) in [4.78, 5) is 12.9. The van der Waals surface area contributed by atoms with Crippen LogP contribution in [0.25, 0.3) is 0 Å². The Balaban J connectivity index is 1.41. The number of aliphatic hydroxyl groups is 1. The van der Waals surface area contributed by atoms with Gasteiger partial charge in [0.2, 0.25) is 0 Å². The van der Waals surface area contributed by atoms with E-state index in [1.165, 1.54) is 0 Å². The number of aliphatic hydroxyl groups excluding tert-OH is 1. The third-order valence-corrected chi connectivity index (χ3v) is 6.37. The molecule has 2 aliphatic heterocycles. The van der Waals surface area contributed by atoms with Crippen LogP contribution in [-0.4, -0.2) is 55.1 Å². The zero-order chi connectivity index (χ0) is 21.9. The van der Waals surface area contributed by atoms with Gasteiger partial charge in [-0.3, -0.25) is 4.79 Å². The summed E-state index contributed by atoms with van der Waals surface area (Å²) in [6.45, 7) is 4.03. The predicted octanol–water partition coefficient (Wildman–Crippen LogP) is 2.88. The van der Waals surface area contributed by atoms with Crippen LogP contribution in [0.3, 0.4) is 0 Å². The smallest absolute Gasteiger partial charge is 0.251 e. The largest absolute Gasteiger partial charge is 0.497 e. The fourth-order valence-corrected chi connectivity index (χ4v) is 4.45. The summed E-state index contributed by atoms with van der Waals surface area (Å²) in [5.74, 6) is 1.86. The maximum absolute atomic E-state index is 12.9. The number of nitrogens with one attached hydrogen (secondary N) is 2. The molecule has 31 heavy (non-hydrogen) atoms. The molecule has 0 bridgehead atoms. The van der Waals surface area contributed by atoms with Crippen LogP contribution < -0.4 is 20.1 Å². The van der Waals surface area contributed by atoms with E-state index in [0.717, 1.165) is 31.7 Å². The molecule has 0 aliphatic carbocycles. The summed E-state index contributed by atoms with van der Waals surface area (Å²) in [5, 5.41) is 17.5. The van der Waals surface area contributed by atoms with E-state index >= 15 is 0 Å². The van der Waals surface area contributed by atoms with Gasteiger partial charge in [0.05, 0.1) is 18.2 Å². The van der Waals surface area contributed by atoms with Gasteiger partial charge in [-0.25, -0.2) is 0 Å². The minimum Gasteiger partial charge on any atom is -0.497 e. The number of piperidine rings is 1. The van der Waals surface area contributed by atoms with E-state index in [4.69, 9.17) is 14.2 Å². The molecule has 2 heterocycles. The summed E-state index contributed by atoms with van der Waals surface area (Å²) in [6, 6.07) is 14.3. The van der Waals surface area contributed by atoms with E-state index < -0.39 is 17.2 Å². The van der Waals surface area contributed by atoms with E-state index in [0.29, 0.717) is 30.1 Å². The van der Waals surface area contributed by atoms with E-state index in [2.05, 4.69) is 10.6 Å². The van der Waals surface area contributed by atoms with Crippen molar-refractivity contribution in [3.8, 4) is 17.2 Å². The molecule has 3 N–H and O–H groups in total. The fraction of sp³-hybridized carbons (Fsp3) is 0.458. The van der Waals surface area contributed by atoms with Crippen LogP contribution >= 0.6 is 0 Å². The SMILES string of the molecule is COc1ccc(Oc2ccc(C(=O)N[C@]3(C)CCOC4(CCNCC4)[C@H]3O)cc2)cc1. The quantitative estimate of drug-likeness (QED) is 0.681. The lowest BCUT2D eigenvalue weighted by molar-refractivity contribution is -0.197. The second-order valence-corrected chi connectivity index (χ2v) is 8.49. The minimum atomic E-state index is -0.766. The molecule has 2 saturated heterocycles. The predicted molar refractivity (Wildman–Crippen MR) is 117 cm³/mol. The first kappa shape index (κ1) is 21.6. The zero-order valence-electron chi connectivity index (χ0n) is 18.0. The molecule has 2 aromatic rings. The van der Waals surface area contributed by atoms with Gasteiger partial charge in [-0.05, 0) is 87.8 Å². The van der Waals surface area contributed by atoms with Crippen molar-refractivity contribution < 1.29 is 24.1 Å². The molecular formula is C24H30N2O5. The van der Waals surface area contributed by atoms with Crippen molar-refractivity contribution in [2.45, 2.75) is 43.4 Å². The van der Waals surface area contributed by atoms with Crippen molar-refractivity contribution >= 4 is 5.91 Å². The van der Waals surface area contributed by atoms with Gasteiger partial charge >= 0.3 is 0 Å². The van der Waals surface area contributed by atoms with E-state index in [9.17, 15) is 9.90 Å². The number of hydrogen-bond donors (Lipinski definition) is 3. The number of ether oxygens (including phenoxy) is 3. The van der Waals surface area contributed by atoms with Crippen LogP contribution in [0.4, 0.5) is 0 Å². The number of amides is 1. The number of benzene rings is 2. The molecule has 2 fully saturated rings. The highest BCUT2D eigenvalue weighted by Crippen LogP contribution is 2.38. The van der Waals surface area contributed by atoms with Crippen LogP contribution in [0.2, 0.25) is 0 Å². The lowest BCUT2D eigenvalue weighted by Gasteiger charge is -2.52. The van der Waals surface area contributed by atoms with Crippen molar-refractivity contribution in [2.75, 3.05) is 26.8 Å². The average molecular weight is 427 g/mol. The van der Waals surface area contributed by atoms with Gasteiger partial charge in [0.25, 0.3) is 5.91 Å². The van der Waals surface area contributed by atoms with Crippen LogP contribution in [0.15, 0.2) is 48.5 Å². The van der Waals surface area contributed by atoms with E-state index in [-0.39, 0.29) is 5.91 Å². The standard InChI is InChI=1S/C24H30N2O5/c1-23(13-16-30-24(22(23)28)11-14-25-15-12-24)26-21(27)17-3-5-19(6-4-17)31-20-9-7-18(29-2)8-10-20/h3-10,22,25,28H,11-16H2,1-2H3,(H,26,27)/t22-,23+/m0/s1. The second-order valence-electron chi connectivity index (χ2n) is 8.49. The van der Waals surface area contributed by atoms with Gasteiger partial charge in [0.15, 0.2) is 0 Å². The Morgan fingerprint density at radius 1 is 1.03 bits per heavy atom. The van der Waals surface area contributed by atoms with E-state index in [1.807, 2.05) is 31.2 Å². The summed E-state index contributed by atoms with van der Waals surface area (Å²) < 4.78 is 17.0. The molecule has 0 aromatic heterocycles. The Bertz CT molecular complexity index is 888. The topological polar surface area (TPSA) is 89.1 Å². The molecule has 0 saturated carbocycles. The molecule has 7 nitrogen and oxygen atoms in total. The molecule has 1 amide bonds. The van der Waals surface area contributed by atoms with Crippen molar-refractivity contribution in [1.29, 1.82) is 0 Å². The first-order valence-electron chi connectivity index (χ1n) is 10.7. The van der Waals surface area contributed by atoms with Crippen molar-refractivity contribution in [3.63, 3.8) is 0 Å². The third-order valence-electron chi connectivity index (χ3n) is 6.37. The van der Waals surface area contributed by atoms with Crippen molar-refractivity contribution in [3.05, 3.63) is 54.1 Å². The Hall–Kier alpha value is -2.61. The fourth-order valence-electron chi connectivity index (χ4n) is 4.45. The maximum atomic E-state index is 12.9. The second kappa shape index (κ2) is 8.86. The Morgan fingerprint density at radius 3 is 2.23 bits per heavy atom. The van der Waals surface area contributed by atoms with Crippen molar-refractivity contribution in [2.24, 2.45) is 0 Å². The molecule has 2 aromatic carbocycles. The molecule has 1 spiro atoms. The van der Waals surface area contributed by atoms with Gasteiger partial charge < -0.3 is 30.0 Å². The molecule has 0 radical (unpaired) electrons. The maximum Gasteiger partial charge on any atom is 0.251 e. The number of hydrogen-bond acceptors (Lipinski definition) is 6. The lowest BCUT2D eigenvalue weighted by Crippen LogP contribution is -2.69. The Kier molecular flexibility index (Phi) is 6.18. The summed E-state index contributed by atoms with van der Waals surface area (Å²) >= 11 is 0. The Morgan fingerprint density at radius 2 is 1.61 bits per heavy atom. The number of carbonyl (C=O) groups is 1. The minimum absolute atomic E-state index is 0.219. The molecular weight excluding hydrogens is 396 g/mol. The Labute approximate surface area is 182 Å². The zero-order valence-corrected chi connectivity index (χ0v) is 18.0. The highest BCUT2D eigenvalue weighted by atomic mass is 16.5. The van der Waals surface area contributed by atoms with Crippen LogP contribution in [0.1, 0.15) is 36.5 Å². The molecule has 2 aliphatic rings. The van der Waals surface area contributed by atoms with Crippen molar-refractivity contribution in [1.82, 2.24) is 10.6 Å². The molecule has 4 rings (SSSR count). The van der Waals surface area contributed by atoms with Gasteiger partial charge in [0, 0.05) is 12.2 Å². The molecule has 166 valence electrons. The summed E-state index contributed by atoms with van der Waals surface area (Å²) in [7, 11) is 1.62. The van der Waals surface area contributed by atoms with Gasteiger partial charge in [-0.1, -0.05) is 0 Å². The van der Waals surface area contributed by atoms with Gasteiger partial charge in [-0.15, -0.1) is 0 Å². The number of rotatable bonds is 5. The summed E-state index contributed by atoms with van der Waals surface area (Å²) in [5.41, 5.74) is -0.826. The van der Waals surface area contributed by atoms with Crippen LogP contribution in [-0.2, 0) is 4.74 Å². The normalized spacial score (nSPS) is 25.1. The lowest BCUT2D eigenvalue weighted by atomic mass is 9.73. The highest BCUT2D eigenvalue weighted by Gasteiger charge is 2.53. The van der Waals surface area contributed by atoms with Crippen LogP contribution in [0, 0.1) is 0 Å². The van der Waals surface area contributed by atoms with Crippen LogP contribution in [0.5, 0.6) is 17.2 Å². The molecule has 7 heteroatoms. The van der Waals surface area contributed by atoms with Gasteiger partial charge in [-0.2, -0.15) is 0 Å². The highest BCUT2D eigenvalue weighted by molar-refractivity contribution is 5.94. The number of carbonyl (C=O) groups excluding carboxylic acids is 1. The van der Waals surface area contributed by atoms with Gasteiger partial charge in [0.1, 0.15) is 23.4 Å². The molecule has 0 unspecified atom stereocenters. The summed E-state index contributed by atoms with van der Waals surface area (Å²) in [6.07, 6.45) is 1.26. The van der Waals surface area contributed by atoms with E-state index in [1.54, 1.807) is 31.4 Å². The first-order valence-corrected chi connectivity index (χ1v) is 10.7. The average Bonchev–Trinajstić information content (AvgIpc) is 2.79. The monoisotopic (exact) mass is 426 g/mol. The molecule has 2 atom stereocenters. The first-order chi connectivity index (χ1) is 14.9.